The number of benzene rings is 3. The van der Waals surface area contributed by atoms with Crippen LogP contribution in [0.3, 0.4) is 0 Å². The number of hydrazone groups is 1. The summed E-state index contributed by atoms with van der Waals surface area (Å²) in [7, 11) is 0. The van der Waals surface area contributed by atoms with Crippen molar-refractivity contribution in [1.82, 2.24) is 20.6 Å². The highest BCUT2D eigenvalue weighted by atomic mass is 16.2. The Labute approximate surface area is 220 Å². The van der Waals surface area contributed by atoms with E-state index in [9.17, 15) is 14.4 Å². The topological polar surface area (TPSA) is 107 Å². The van der Waals surface area contributed by atoms with Gasteiger partial charge in [0.25, 0.3) is 17.7 Å². The van der Waals surface area contributed by atoms with E-state index in [1.54, 1.807) is 30.5 Å². The van der Waals surface area contributed by atoms with Gasteiger partial charge in [-0.1, -0.05) is 80.6 Å². The van der Waals surface area contributed by atoms with Gasteiger partial charge in [-0.2, -0.15) is 5.10 Å². The van der Waals surface area contributed by atoms with Gasteiger partial charge < -0.3 is 15.6 Å². The first-order chi connectivity index (χ1) is 18.4. The smallest absolute Gasteiger partial charge is 0.266 e. The van der Waals surface area contributed by atoms with Crippen LogP contribution in [0.1, 0.15) is 47.8 Å². The number of para-hydroxylation sites is 1. The zero-order valence-corrected chi connectivity index (χ0v) is 21.2. The summed E-state index contributed by atoms with van der Waals surface area (Å²) in [5.41, 5.74) is 2.59. The van der Waals surface area contributed by atoms with Gasteiger partial charge in [0.15, 0.2) is 11.9 Å². The third-order valence-electron chi connectivity index (χ3n) is 6.48. The van der Waals surface area contributed by atoms with Crippen molar-refractivity contribution < 1.29 is 14.4 Å². The average molecular weight is 508 g/mol. The van der Waals surface area contributed by atoms with E-state index in [0.29, 0.717) is 23.1 Å². The van der Waals surface area contributed by atoms with Crippen LogP contribution >= 0.6 is 0 Å². The molecule has 4 aromatic rings. The Balaban J connectivity index is 1.57. The number of amides is 3. The average Bonchev–Trinajstić information content (AvgIpc) is 3.36. The molecule has 2 heterocycles. The minimum Gasteiger partial charge on any atom is -0.361 e. The SMILES string of the molecule is CC(C)C[C@@H](NC(=O)c1ccccc1)C(=O)N1N=C(c2ccccc2)NC(=O)[C@H]1c1c[nH]c2ccccc12. The number of carbonyl (C=O) groups is 3. The number of H-pyrrole nitrogens is 1. The van der Waals surface area contributed by atoms with E-state index >= 15 is 0 Å². The number of carbonyl (C=O) groups excluding carboxylic acids is 3. The standard InChI is InChI=1S/C30H29N5O3/c1-19(2)17-25(32-28(36)21-13-7-4-8-14-21)30(38)35-26(23-18-31-24-16-10-9-15-22(23)24)29(37)33-27(34-35)20-11-5-3-6-12-20/h3-16,18-19,25-26,31H,17H2,1-2H3,(H,32,36)(H,33,34,37)/t25-,26-/m1/s1. The quantitative estimate of drug-likeness (QED) is 0.346. The fourth-order valence-corrected chi connectivity index (χ4v) is 4.67. The lowest BCUT2D eigenvalue weighted by atomic mass is 9.99. The van der Waals surface area contributed by atoms with Crippen molar-refractivity contribution in [2.75, 3.05) is 0 Å². The molecule has 0 spiro atoms. The normalized spacial score (nSPS) is 16.2. The van der Waals surface area contributed by atoms with E-state index in [1.807, 2.05) is 74.5 Å². The van der Waals surface area contributed by atoms with Crippen molar-refractivity contribution in [3.05, 3.63) is 108 Å². The molecule has 1 aliphatic heterocycles. The predicted octanol–water partition coefficient (Wildman–Crippen LogP) is 4.37. The molecule has 3 aromatic carbocycles. The van der Waals surface area contributed by atoms with Crippen LogP contribution in [0.15, 0.2) is 96.2 Å². The number of nitrogens with one attached hydrogen (secondary N) is 3. The van der Waals surface area contributed by atoms with Crippen molar-refractivity contribution in [3.63, 3.8) is 0 Å². The van der Waals surface area contributed by atoms with Crippen LogP contribution in [-0.2, 0) is 9.59 Å². The van der Waals surface area contributed by atoms with E-state index in [1.165, 1.54) is 5.01 Å². The summed E-state index contributed by atoms with van der Waals surface area (Å²) in [5, 5.41) is 12.5. The van der Waals surface area contributed by atoms with Crippen LogP contribution in [0.25, 0.3) is 10.9 Å². The maximum Gasteiger partial charge on any atom is 0.266 e. The lowest BCUT2D eigenvalue weighted by molar-refractivity contribution is -0.143. The van der Waals surface area contributed by atoms with Gasteiger partial charge in [0.2, 0.25) is 0 Å². The molecule has 2 atom stereocenters. The van der Waals surface area contributed by atoms with E-state index in [2.05, 4.69) is 20.7 Å². The molecule has 0 saturated heterocycles. The number of aromatic nitrogens is 1. The molecule has 38 heavy (non-hydrogen) atoms. The van der Waals surface area contributed by atoms with E-state index in [-0.39, 0.29) is 23.6 Å². The Bertz CT molecular complexity index is 1490. The zero-order chi connectivity index (χ0) is 26.6. The first-order valence-electron chi connectivity index (χ1n) is 12.6. The van der Waals surface area contributed by atoms with Gasteiger partial charge in [-0.05, 0) is 30.5 Å². The first kappa shape index (κ1) is 25.0. The maximum atomic E-state index is 14.2. The minimum atomic E-state index is -1.02. The Morgan fingerprint density at radius 2 is 1.61 bits per heavy atom. The van der Waals surface area contributed by atoms with E-state index < -0.39 is 18.0 Å². The molecule has 0 aliphatic carbocycles. The molecule has 0 saturated carbocycles. The summed E-state index contributed by atoms with van der Waals surface area (Å²) in [5.74, 6) is -0.821. The zero-order valence-electron chi connectivity index (χ0n) is 21.2. The Hall–Kier alpha value is -4.72. The monoisotopic (exact) mass is 507 g/mol. The van der Waals surface area contributed by atoms with Crippen LogP contribution in [0.2, 0.25) is 0 Å². The summed E-state index contributed by atoms with van der Waals surface area (Å²) in [6.45, 7) is 3.96. The summed E-state index contributed by atoms with van der Waals surface area (Å²) in [6.07, 6.45) is 2.12. The molecule has 5 rings (SSSR count). The summed E-state index contributed by atoms with van der Waals surface area (Å²) < 4.78 is 0. The number of rotatable bonds is 7. The number of nitrogens with zero attached hydrogens (tertiary/aromatic N) is 2. The molecular weight excluding hydrogens is 478 g/mol. The second kappa shape index (κ2) is 10.7. The van der Waals surface area contributed by atoms with Crippen LogP contribution in [0.5, 0.6) is 0 Å². The van der Waals surface area contributed by atoms with Gasteiger partial charge >= 0.3 is 0 Å². The highest BCUT2D eigenvalue weighted by molar-refractivity contribution is 6.13. The van der Waals surface area contributed by atoms with Crippen LogP contribution in [-0.4, -0.2) is 39.6 Å². The summed E-state index contributed by atoms with van der Waals surface area (Å²) >= 11 is 0. The highest BCUT2D eigenvalue weighted by Crippen LogP contribution is 2.32. The number of hydrogen-bond acceptors (Lipinski definition) is 4. The van der Waals surface area contributed by atoms with Crippen molar-refractivity contribution in [2.24, 2.45) is 11.0 Å². The largest absolute Gasteiger partial charge is 0.361 e. The van der Waals surface area contributed by atoms with Gasteiger partial charge in [-0.15, -0.1) is 0 Å². The lowest BCUT2D eigenvalue weighted by Crippen LogP contribution is -2.54. The van der Waals surface area contributed by atoms with Crippen molar-refractivity contribution in [3.8, 4) is 0 Å². The van der Waals surface area contributed by atoms with E-state index in [4.69, 9.17) is 0 Å². The lowest BCUT2D eigenvalue weighted by Gasteiger charge is -2.34. The van der Waals surface area contributed by atoms with Gasteiger partial charge in [0.1, 0.15) is 6.04 Å². The van der Waals surface area contributed by atoms with Crippen molar-refractivity contribution >= 4 is 34.5 Å². The van der Waals surface area contributed by atoms with E-state index in [0.717, 1.165) is 10.9 Å². The van der Waals surface area contributed by atoms with Crippen LogP contribution in [0, 0.1) is 5.92 Å². The summed E-state index contributed by atoms with van der Waals surface area (Å²) in [4.78, 5) is 44.1. The van der Waals surface area contributed by atoms with Gasteiger partial charge in [-0.25, -0.2) is 5.01 Å². The molecule has 1 aromatic heterocycles. The van der Waals surface area contributed by atoms with Gasteiger partial charge in [-0.3, -0.25) is 14.4 Å². The number of aromatic amines is 1. The van der Waals surface area contributed by atoms with Gasteiger partial charge in [0, 0.05) is 33.8 Å². The molecule has 0 radical (unpaired) electrons. The second-order valence-corrected chi connectivity index (χ2v) is 9.70. The number of amidine groups is 1. The molecule has 1 aliphatic rings. The number of fused-ring (bicyclic) bond motifs is 1. The molecule has 192 valence electrons. The third-order valence-corrected chi connectivity index (χ3v) is 6.48. The molecule has 8 heteroatoms. The second-order valence-electron chi connectivity index (χ2n) is 9.70. The van der Waals surface area contributed by atoms with Crippen molar-refractivity contribution in [1.29, 1.82) is 0 Å². The van der Waals surface area contributed by atoms with Crippen molar-refractivity contribution in [2.45, 2.75) is 32.4 Å². The third kappa shape index (κ3) is 5.06. The molecular formula is C30H29N5O3. The minimum absolute atomic E-state index is 0.0998. The highest BCUT2D eigenvalue weighted by Gasteiger charge is 2.41. The first-order valence-corrected chi connectivity index (χ1v) is 12.6. The maximum absolute atomic E-state index is 14.2. The Morgan fingerprint density at radius 1 is 0.947 bits per heavy atom. The Morgan fingerprint density at radius 3 is 2.32 bits per heavy atom. The van der Waals surface area contributed by atoms with Crippen LogP contribution in [0.4, 0.5) is 0 Å². The number of hydrogen-bond donors (Lipinski definition) is 3. The molecule has 0 bridgehead atoms. The fraction of sp³-hybridized carbons (Fsp3) is 0.200. The van der Waals surface area contributed by atoms with Gasteiger partial charge in [0.05, 0.1) is 0 Å². The summed E-state index contributed by atoms with van der Waals surface area (Å²) in [6, 6.07) is 23.6. The molecule has 8 nitrogen and oxygen atoms in total. The fourth-order valence-electron chi connectivity index (χ4n) is 4.67. The van der Waals surface area contributed by atoms with Crippen LogP contribution < -0.4 is 10.6 Å². The molecule has 0 fully saturated rings. The Kier molecular flexibility index (Phi) is 7.04. The molecule has 3 N–H and O–H groups in total. The molecule has 0 unspecified atom stereocenters. The molecule has 3 amide bonds. The predicted molar refractivity (Wildman–Crippen MR) is 146 cm³/mol.